The molecule has 0 saturated heterocycles. The molecule has 1 N–H and O–H groups in total. The van der Waals surface area contributed by atoms with Gasteiger partial charge < -0.3 is 14.4 Å². The van der Waals surface area contributed by atoms with Crippen molar-refractivity contribution in [3.8, 4) is 10.8 Å². The normalized spacial score (nSPS) is 16.2. The molecule has 1 aliphatic heterocycles. The molecule has 0 saturated carbocycles. The van der Waals surface area contributed by atoms with Gasteiger partial charge in [-0.2, -0.15) is 0 Å². The number of thiazole rings is 1. The van der Waals surface area contributed by atoms with Crippen LogP contribution in [-0.4, -0.2) is 32.9 Å². The zero-order valence-corrected chi connectivity index (χ0v) is 15.7. The van der Waals surface area contributed by atoms with E-state index in [0.29, 0.717) is 27.8 Å². The second-order valence-electron chi connectivity index (χ2n) is 6.60. The van der Waals surface area contributed by atoms with E-state index in [9.17, 15) is 14.7 Å². The topological polar surface area (TPSA) is 83.6 Å². The van der Waals surface area contributed by atoms with Gasteiger partial charge in [-0.25, -0.2) is 9.78 Å². The van der Waals surface area contributed by atoms with Gasteiger partial charge in [0.15, 0.2) is 10.8 Å². The molecule has 0 bridgehead atoms. The van der Waals surface area contributed by atoms with Crippen molar-refractivity contribution in [2.45, 2.75) is 32.9 Å². The molecule has 4 rings (SSSR count). The predicted octanol–water partition coefficient (Wildman–Crippen LogP) is 3.67. The lowest BCUT2D eigenvalue weighted by Crippen LogP contribution is -2.48. The van der Waals surface area contributed by atoms with E-state index < -0.39 is 12.0 Å². The highest BCUT2D eigenvalue weighted by Gasteiger charge is 2.36. The van der Waals surface area contributed by atoms with Crippen LogP contribution in [0.15, 0.2) is 40.8 Å². The van der Waals surface area contributed by atoms with E-state index in [4.69, 9.17) is 4.42 Å². The number of carbonyl (C=O) groups is 2. The van der Waals surface area contributed by atoms with Gasteiger partial charge in [0.1, 0.15) is 16.7 Å². The lowest BCUT2D eigenvalue weighted by molar-refractivity contribution is -0.142. The molecule has 7 heteroatoms. The van der Waals surface area contributed by atoms with Gasteiger partial charge in [-0.15, -0.1) is 11.3 Å². The van der Waals surface area contributed by atoms with Gasteiger partial charge >= 0.3 is 5.97 Å². The number of fused-ring (bicyclic) bond motifs is 1. The van der Waals surface area contributed by atoms with Crippen LogP contribution in [0.4, 0.5) is 0 Å². The van der Waals surface area contributed by atoms with E-state index in [2.05, 4.69) is 4.98 Å². The number of rotatable bonds is 3. The van der Waals surface area contributed by atoms with Crippen molar-refractivity contribution in [1.82, 2.24) is 9.88 Å². The summed E-state index contributed by atoms with van der Waals surface area (Å²) < 4.78 is 5.60. The summed E-state index contributed by atoms with van der Waals surface area (Å²) >= 11 is 1.23. The van der Waals surface area contributed by atoms with Crippen LogP contribution in [0, 0.1) is 13.8 Å². The Kier molecular flexibility index (Phi) is 4.31. The number of carboxylic acids is 1. The van der Waals surface area contributed by atoms with E-state index in [1.165, 1.54) is 16.2 Å². The van der Waals surface area contributed by atoms with Gasteiger partial charge in [-0.05, 0) is 37.1 Å². The summed E-state index contributed by atoms with van der Waals surface area (Å²) in [5.41, 5.74) is 2.53. The molecule has 1 aliphatic rings. The highest BCUT2D eigenvalue weighted by Crippen LogP contribution is 2.32. The third-order valence-corrected chi connectivity index (χ3v) is 5.90. The summed E-state index contributed by atoms with van der Waals surface area (Å²) in [6, 6.07) is 10.4. The van der Waals surface area contributed by atoms with Crippen LogP contribution < -0.4 is 0 Å². The van der Waals surface area contributed by atoms with Crippen molar-refractivity contribution < 1.29 is 19.1 Å². The fraction of sp³-hybridized carbons (Fsp3) is 0.250. The van der Waals surface area contributed by atoms with E-state index in [0.717, 1.165) is 16.9 Å². The van der Waals surface area contributed by atoms with E-state index in [1.807, 2.05) is 43.3 Å². The third kappa shape index (κ3) is 3.14. The van der Waals surface area contributed by atoms with E-state index in [-0.39, 0.29) is 12.5 Å². The third-order valence-electron chi connectivity index (χ3n) is 4.74. The number of carboxylic acid groups (broad SMARTS) is 1. The predicted molar refractivity (Wildman–Crippen MR) is 101 cm³/mol. The molecule has 0 fully saturated rings. The van der Waals surface area contributed by atoms with Gasteiger partial charge in [0.25, 0.3) is 5.91 Å². The van der Waals surface area contributed by atoms with Crippen LogP contribution in [-0.2, 0) is 17.8 Å². The highest BCUT2D eigenvalue weighted by atomic mass is 32.1. The van der Waals surface area contributed by atoms with Crippen molar-refractivity contribution in [3.63, 3.8) is 0 Å². The highest BCUT2D eigenvalue weighted by molar-refractivity contribution is 7.17. The molecule has 3 aromatic rings. The van der Waals surface area contributed by atoms with E-state index in [1.54, 1.807) is 6.92 Å². The number of hydrogen-bond donors (Lipinski definition) is 1. The molecule has 27 heavy (non-hydrogen) atoms. The zero-order valence-electron chi connectivity index (χ0n) is 14.9. The van der Waals surface area contributed by atoms with Gasteiger partial charge in [0, 0.05) is 13.0 Å². The Hall–Kier alpha value is -2.93. The Bertz CT molecular complexity index is 1040. The monoisotopic (exact) mass is 382 g/mol. The first kappa shape index (κ1) is 17.5. The SMILES string of the molecule is Cc1ccc(-c2nc(C)c(C(=O)N3Cc4ccccc4CC3C(=O)O)s2)o1. The molecule has 0 aliphatic carbocycles. The van der Waals surface area contributed by atoms with Crippen LogP contribution in [0.3, 0.4) is 0 Å². The Balaban J connectivity index is 1.69. The van der Waals surface area contributed by atoms with Gasteiger partial charge in [-0.1, -0.05) is 24.3 Å². The van der Waals surface area contributed by atoms with Crippen molar-refractivity contribution in [1.29, 1.82) is 0 Å². The largest absolute Gasteiger partial charge is 0.480 e. The average Bonchev–Trinajstić information content (AvgIpc) is 3.25. The minimum absolute atomic E-state index is 0.276. The van der Waals surface area contributed by atoms with E-state index >= 15 is 0 Å². The van der Waals surface area contributed by atoms with Crippen LogP contribution >= 0.6 is 11.3 Å². The number of carbonyl (C=O) groups excluding carboxylic acids is 1. The molecule has 2 aromatic heterocycles. The quantitative estimate of drug-likeness (QED) is 0.747. The molecule has 3 heterocycles. The number of aromatic nitrogens is 1. The molecule has 6 nitrogen and oxygen atoms in total. The van der Waals surface area contributed by atoms with Crippen molar-refractivity contribution >= 4 is 23.2 Å². The second-order valence-corrected chi connectivity index (χ2v) is 7.60. The van der Waals surface area contributed by atoms with Crippen molar-refractivity contribution in [2.24, 2.45) is 0 Å². The fourth-order valence-corrected chi connectivity index (χ4v) is 4.32. The Morgan fingerprint density at radius 3 is 2.59 bits per heavy atom. The van der Waals surface area contributed by atoms with Crippen molar-refractivity contribution in [2.75, 3.05) is 0 Å². The first-order chi connectivity index (χ1) is 12.9. The molecular weight excluding hydrogens is 364 g/mol. The maximum Gasteiger partial charge on any atom is 0.326 e. The minimum atomic E-state index is -0.998. The summed E-state index contributed by atoms with van der Waals surface area (Å²) in [4.78, 5) is 31.3. The molecule has 1 unspecified atom stereocenters. The Morgan fingerprint density at radius 1 is 1.19 bits per heavy atom. The first-order valence-electron chi connectivity index (χ1n) is 8.59. The summed E-state index contributed by atoms with van der Waals surface area (Å²) in [6.45, 7) is 3.88. The maximum atomic E-state index is 13.2. The maximum absolute atomic E-state index is 13.2. The lowest BCUT2D eigenvalue weighted by Gasteiger charge is -2.34. The minimum Gasteiger partial charge on any atom is -0.480 e. The molecule has 1 atom stereocenters. The molecular formula is C20H18N2O4S. The number of amides is 1. The van der Waals surface area contributed by atoms with Crippen LogP contribution in [0.25, 0.3) is 10.8 Å². The summed E-state index contributed by atoms with van der Waals surface area (Å²) in [5.74, 6) is 0.0751. The molecule has 0 spiro atoms. The number of aryl methyl sites for hydroxylation is 2. The molecule has 1 aromatic carbocycles. The fourth-order valence-electron chi connectivity index (χ4n) is 3.34. The number of aliphatic carboxylic acids is 1. The average molecular weight is 382 g/mol. The van der Waals surface area contributed by atoms with Crippen LogP contribution in [0.5, 0.6) is 0 Å². The van der Waals surface area contributed by atoms with Crippen LogP contribution in [0.1, 0.15) is 32.3 Å². The van der Waals surface area contributed by atoms with Gasteiger partial charge in [-0.3, -0.25) is 4.79 Å². The molecule has 0 radical (unpaired) electrons. The van der Waals surface area contributed by atoms with Gasteiger partial charge in [0.05, 0.1) is 5.69 Å². The van der Waals surface area contributed by atoms with Gasteiger partial charge in [0.2, 0.25) is 0 Å². The molecule has 138 valence electrons. The lowest BCUT2D eigenvalue weighted by atomic mass is 9.94. The van der Waals surface area contributed by atoms with Crippen molar-refractivity contribution in [3.05, 3.63) is 63.9 Å². The number of furan rings is 1. The summed E-state index contributed by atoms with van der Waals surface area (Å²) in [5, 5.41) is 10.3. The Labute approximate surface area is 160 Å². The molecule has 1 amide bonds. The first-order valence-corrected chi connectivity index (χ1v) is 9.40. The van der Waals surface area contributed by atoms with Crippen LogP contribution in [0.2, 0.25) is 0 Å². The Morgan fingerprint density at radius 2 is 1.93 bits per heavy atom. The number of benzene rings is 1. The summed E-state index contributed by atoms with van der Waals surface area (Å²) in [7, 11) is 0. The summed E-state index contributed by atoms with van der Waals surface area (Å²) in [6.07, 6.45) is 0.305. The smallest absolute Gasteiger partial charge is 0.326 e. The second kappa shape index (κ2) is 6.66. The standard InChI is InChI=1S/C20H18N2O4S/c1-11-7-8-16(26-11)18-21-12(2)17(27-18)19(23)22-10-14-6-4-3-5-13(14)9-15(22)20(24)25/h3-8,15H,9-10H2,1-2H3,(H,24,25). The zero-order chi connectivity index (χ0) is 19.1. The number of nitrogens with zero attached hydrogens (tertiary/aromatic N) is 2. The number of hydrogen-bond acceptors (Lipinski definition) is 5.